The van der Waals surface area contributed by atoms with Crippen molar-refractivity contribution < 1.29 is 43.6 Å². The van der Waals surface area contributed by atoms with Gasteiger partial charge in [-0.1, -0.05) is 123 Å². The normalized spacial score (nSPS) is 23.1. The zero-order valence-electron chi connectivity index (χ0n) is 41.6. The average molecular weight is 910 g/mol. The number of carbonyl (C=O) groups is 2. The summed E-state index contributed by atoms with van der Waals surface area (Å²) in [7, 11) is 0. The van der Waals surface area contributed by atoms with Crippen LogP contribution in [0.4, 0.5) is 9.59 Å². The van der Waals surface area contributed by atoms with E-state index in [-0.39, 0.29) is 56.0 Å². The second kappa shape index (κ2) is 26.7. The van der Waals surface area contributed by atoms with Gasteiger partial charge in [-0.2, -0.15) is 0 Å². The molecular formula is C53H87N3O9. The van der Waals surface area contributed by atoms with Crippen molar-refractivity contribution in [2.75, 3.05) is 39.5 Å². The highest BCUT2D eigenvalue weighted by Gasteiger charge is 2.65. The van der Waals surface area contributed by atoms with Gasteiger partial charge >= 0.3 is 12.2 Å². The van der Waals surface area contributed by atoms with Gasteiger partial charge in [0.2, 0.25) is 5.79 Å². The standard InChI is InChI=1S/C53H87N3O9/c1-10-13-14-15-16-17-18-19-20-23-30-54-49(59)63-40-28-29-45-43(36-40)47-41(27-22-25-33-58)39(26-21-24-32-57)35-42-44(55-65-52(7,8)9)37-46(53(64-45,48(42)47)62-34-12-3)56(31-11-2)50(60)61-38-51(4,5)6/h12,28-29,35-36,39,41,46-48,57-58H,3,10-11,13-27,30-34,37-38H2,1-2,4-9H3,(H,54,59). The van der Waals surface area contributed by atoms with Crippen LogP contribution in [0.1, 0.15) is 182 Å². The first-order valence-corrected chi connectivity index (χ1v) is 25.3. The van der Waals surface area contributed by atoms with Crippen LogP contribution in [-0.2, 0) is 14.3 Å². The fourth-order valence-electron chi connectivity index (χ4n) is 9.83. The summed E-state index contributed by atoms with van der Waals surface area (Å²) in [6.07, 6.45) is 20.7. The van der Waals surface area contributed by atoms with Crippen molar-refractivity contribution in [2.24, 2.45) is 28.3 Å². The lowest BCUT2D eigenvalue weighted by molar-refractivity contribution is -0.255. The van der Waals surface area contributed by atoms with E-state index in [9.17, 15) is 19.8 Å². The molecule has 12 nitrogen and oxygen atoms in total. The molecule has 65 heavy (non-hydrogen) atoms. The Morgan fingerprint density at radius 1 is 0.908 bits per heavy atom. The number of aliphatic hydroxyl groups is 2. The SMILES string of the molecule is C=CCOC12Oc3ccc(OC(=O)NCCCCCCCCCCCC)cc3C3C(CCCCO)C(CCCCO)C=C(C(=NOC(C)(C)C)CC1N(CCC)C(=O)OCC(C)(C)C)C32. The molecule has 1 heterocycles. The van der Waals surface area contributed by atoms with E-state index in [2.05, 4.69) is 24.9 Å². The molecule has 4 rings (SSSR count). The van der Waals surface area contributed by atoms with E-state index in [0.717, 1.165) is 56.1 Å². The Morgan fingerprint density at radius 3 is 2.18 bits per heavy atom. The fourth-order valence-corrected chi connectivity index (χ4v) is 9.83. The minimum absolute atomic E-state index is 0.0276. The second-order valence-corrected chi connectivity index (χ2v) is 20.8. The van der Waals surface area contributed by atoms with E-state index >= 15 is 0 Å². The third-order valence-electron chi connectivity index (χ3n) is 12.8. The first kappa shape index (κ1) is 54.0. The molecule has 2 amide bonds. The summed E-state index contributed by atoms with van der Waals surface area (Å²) in [4.78, 5) is 35.8. The number of allylic oxidation sites excluding steroid dienone is 1. The van der Waals surface area contributed by atoms with Crippen LogP contribution < -0.4 is 14.8 Å². The molecule has 0 radical (unpaired) electrons. The zero-order valence-corrected chi connectivity index (χ0v) is 41.6. The van der Waals surface area contributed by atoms with Crippen LogP contribution >= 0.6 is 0 Å². The molecule has 368 valence electrons. The summed E-state index contributed by atoms with van der Waals surface area (Å²) in [6.45, 7) is 21.8. The molecule has 0 spiro atoms. The number of unbranched alkanes of at least 4 members (excludes halogenated alkanes) is 11. The molecule has 1 saturated carbocycles. The molecule has 3 N–H and O–H groups in total. The number of aliphatic hydroxyl groups excluding tert-OH is 2. The Labute approximate surface area is 392 Å². The molecule has 0 saturated heterocycles. The first-order valence-electron chi connectivity index (χ1n) is 25.3. The number of nitrogens with zero attached hydrogens (tertiary/aromatic N) is 2. The maximum atomic E-state index is 14.5. The van der Waals surface area contributed by atoms with E-state index in [0.29, 0.717) is 49.6 Å². The second-order valence-electron chi connectivity index (χ2n) is 20.8. The highest BCUT2D eigenvalue weighted by Crippen LogP contribution is 2.62. The number of nitrogens with one attached hydrogen (secondary N) is 1. The van der Waals surface area contributed by atoms with Gasteiger partial charge in [0.15, 0.2) is 0 Å². The van der Waals surface area contributed by atoms with Gasteiger partial charge in [0, 0.05) is 44.2 Å². The van der Waals surface area contributed by atoms with Crippen molar-refractivity contribution in [3.05, 3.63) is 48.1 Å². The summed E-state index contributed by atoms with van der Waals surface area (Å²) in [5.41, 5.74) is 1.69. The molecule has 0 bridgehead atoms. The smallest absolute Gasteiger partial charge is 0.412 e. The van der Waals surface area contributed by atoms with Crippen molar-refractivity contribution in [3.63, 3.8) is 0 Å². The van der Waals surface area contributed by atoms with Gasteiger partial charge in [0.25, 0.3) is 0 Å². The Balaban J connectivity index is 1.80. The Kier molecular flexibility index (Phi) is 22.1. The van der Waals surface area contributed by atoms with Crippen LogP contribution in [0.2, 0.25) is 0 Å². The fraction of sp³-hybridized carbons (Fsp3) is 0.755. The number of fused-ring (bicyclic) bond motifs is 2. The molecule has 6 atom stereocenters. The predicted octanol–water partition coefficient (Wildman–Crippen LogP) is 12.0. The van der Waals surface area contributed by atoms with Crippen LogP contribution in [0.25, 0.3) is 0 Å². The molecular weight excluding hydrogens is 823 g/mol. The van der Waals surface area contributed by atoms with E-state index in [4.69, 9.17) is 28.9 Å². The van der Waals surface area contributed by atoms with Crippen LogP contribution in [-0.4, -0.2) is 90.0 Å². The highest BCUT2D eigenvalue weighted by atomic mass is 16.7. The molecule has 1 aromatic rings. The van der Waals surface area contributed by atoms with Crippen molar-refractivity contribution in [3.8, 4) is 11.5 Å². The third-order valence-corrected chi connectivity index (χ3v) is 12.8. The Bertz CT molecular complexity index is 1680. The molecule has 1 fully saturated rings. The Morgan fingerprint density at radius 2 is 1.57 bits per heavy atom. The van der Waals surface area contributed by atoms with Gasteiger partial charge in [-0.15, -0.1) is 6.58 Å². The average Bonchev–Trinajstić information content (AvgIpc) is 3.26. The van der Waals surface area contributed by atoms with Crippen molar-refractivity contribution in [1.29, 1.82) is 0 Å². The van der Waals surface area contributed by atoms with Crippen LogP contribution in [0.3, 0.4) is 0 Å². The molecule has 2 aliphatic carbocycles. The number of benzene rings is 1. The summed E-state index contributed by atoms with van der Waals surface area (Å²) in [6, 6.07) is 4.89. The topological polar surface area (TPSA) is 148 Å². The number of hydrogen-bond donors (Lipinski definition) is 3. The summed E-state index contributed by atoms with van der Waals surface area (Å²) in [5, 5.41) is 27.8. The molecule has 1 aromatic carbocycles. The van der Waals surface area contributed by atoms with E-state index in [1.54, 1.807) is 17.0 Å². The Hall–Kier alpha value is -3.61. The quantitative estimate of drug-likeness (QED) is 0.0424. The summed E-state index contributed by atoms with van der Waals surface area (Å²) >= 11 is 0. The predicted molar refractivity (Wildman–Crippen MR) is 259 cm³/mol. The van der Waals surface area contributed by atoms with Gasteiger partial charge in [0.1, 0.15) is 23.1 Å². The lowest BCUT2D eigenvalue weighted by atomic mass is 9.55. The first-order chi connectivity index (χ1) is 31.1. The van der Waals surface area contributed by atoms with Gasteiger partial charge in [-0.05, 0) is 100 Å². The molecule has 0 aromatic heterocycles. The van der Waals surface area contributed by atoms with Crippen LogP contribution in [0.15, 0.2) is 47.7 Å². The summed E-state index contributed by atoms with van der Waals surface area (Å²) < 4.78 is 26.5. The minimum Gasteiger partial charge on any atom is -0.459 e. The number of rotatable bonds is 28. The lowest BCUT2D eigenvalue weighted by Crippen LogP contribution is -2.70. The molecule has 1 aliphatic heterocycles. The van der Waals surface area contributed by atoms with Gasteiger partial charge in [-0.3, -0.25) is 4.90 Å². The van der Waals surface area contributed by atoms with Crippen LogP contribution in [0.5, 0.6) is 11.5 Å². The number of hydrogen-bond acceptors (Lipinski definition) is 10. The largest absolute Gasteiger partial charge is 0.459 e. The van der Waals surface area contributed by atoms with Crippen molar-refractivity contribution in [1.82, 2.24) is 10.2 Å². The number of carbonyl (C=O) groups excluding carboxylic acids is 2. The summed E-state index contributed by atoms with van der Waals surface area (Å²) in [5.74, 6) is -1.06. The van der Waals surface area contributed by atoms with Crippen molar-refractivity contribution >= 4 is 17.9 Å². The maximum absolute atomic E-state index is 14.5. The number of oxime groups is 1. The van der Waals surface area contributed by atoms with Gasteiger partial charge in [-0.25, -0.2) is 9.59 Å². The van der Waals surface area contributed by atoms with Crippen LogP contribution in [0, 0.1) is 23.2 Å². The lowest BCUT2D eigenvalue weighted by Gasteiger charge is -2.60. The maximum Gasteiger partial charge on any atom is 0.412 e. The van der Waals surface area contributed by atoms with E-state index in [1.165, 1.54) is 44.9 Å². The molecule has 3 aliphatic rings. The van der Waals surface area contributed by atoms with Gasteiger partial charge < -0.3 is 39.3 Å². The monoisotopic (exact) mass is 910 g/mol. The molecule has 12 heteroatoms. The minimum atomic E-state index is -1.41. The zero-order chi connectivity index (χ0) is 47.5. The van der Waals surface area contributed by atoms with E-state index in [1.807, 2.05) is 60.6 Å². The van der Waals surface area contributed by atoms with Gasteiger partial charge in [0.05, 0.1) is 24.8 Å². The van der Waals surface area contributed by atoms with E-state index < -0.39 is 35.5 Å². The number of ether oxygens (including phenoxy) is 4. The third kappa shape index (κ3) is 16.0. The highest BCUT2D eigenvalue weighted by molar-refractivity contribution is 6.03. The van der Waals surface area contributed by atoms with Crippen molar-refractivity contribution in [2.45, 2.75) is 194 Å². The molecule has 6 unspecified atom stereocenters. The number of amides is 2.